The van der Waals surface area contributed by atoms with Crippen molar-refractivity contribution in [3.05, 3.63) is 63.4 Å². The number of thioether (sulfide) groups is 1. The van der Waals surface area contributed by atoms with Gasteiger partial charge in [0.15, 0.2) is 5.16 Å². The number of benzene rings is 2. The highest BCUT2D eigenvalue weighted by Crippen LogP contribution is 2.23. The van der Waals surface area contributed by atoms with Crippen molar-refractivity contribution in [1.29, 1.82) is 0 Å². The van der Waals surface area contributed by atoms with E-state index in [-0.39, 0.29) is 23.3 Å². The number of rotatable bonds is 6. The van der Waals surface area contributed by atoms with E-state index >= 15 is 0 Å². The van der Waals surface area contributed by atoms with Gasteiger partial charge in [-0.15, -0.1) is 0 Å². The highest BCUT2D eigenvalue weighted by molar-refractivity contribution is 7.99. The molecule has 150 valence electrons. The summed E-state index contributed by atoms with van der Waals surface area (Å²) in [6.07, 6.45) is 0. The SMILES string of the molecule is CC(C)n1c(SCC(=O)Nc2ccc(C(N)=O)cc2)nc2cc(Cl)ccc2c1=O. The molecule has 0 atom stereocenters. The molecule has 1 heterocycles. The average Bonchev–Trinajstić information content (AvgIpc) is 2.66. The van der Waals surface area contributed by atoms with E-state index in [9.17, 15) is 14.4 Å². The van der Waals surface area contributed by atoms with E-state index in [4.69, 9.17) is 17.3 Å². The van der Waals surface area contributed by atoms with Gasteiger partial charge in [-0.05, 0) is 56.3 Å². The van der Waals surface area contributed by atoms with Gasteiger partial charge in [-0.1, -0.05) is 23.4 Å². The van der Waals surface area contributed by atoms with Gasteiger partial charge < -0.3 is 11.1 Å². The second-order valence-electron chi connectivity index (χ2n) is 6.60. The van der Waals surface area contributed by atoms with Crippen molar-refractivity contribution in [2.75, 3.05) is 11.1 Å². The number of anilines is 1. The monoisotopic (exact) mass is 430 g/mol. The van der Waals surface area contributed by atoms with Crippen molar-refractivity contribution in [3.63, 3.8) is 0 Å². The summed E-state index contributed by atoms with van der Waals surface area (Å²) in [6.45, 7) is 3.77. The minimum Gasteiger partial charge on any atom is -0.366 e. The maximum Gasteiger partial charge on any atom is 0.262 e. The lowest BCUT2D eigenvalue weighted by molar-refractivity contribution is -0.113. The average molecular weight is 431 g/mol. The number of carbonyl (C=O) groups excluding carboxylic acids is 2. The Morgan fingerprint density at radius 1 is 1.21 bits per heavy atom. The Morgan fingerprint density at radius 3 is 2.52 bits per heavy atom. The number of fused-ring (bicyclic) bond motifs is 1. The molecule has 0 fully saturated rings. The summed E-state index contributed by atoms with van der Waals surface area (Å²) < 4.78 is 1.57. The van der Waals surface area contributed by atoms with Gasteiger partial charge in [0.05, 0.1) is 16.7 Å². The van der Waals surface area contributed by atoms with Crippen LogP contribution in [0.25, 0.3) is 10.9 Å². The number of hydrogen-bond donors (Lipinski definition) is 2. The number of primary amides is 1. The molecule has 0 aliphatic carbocycles. The standard InChI is InChI=1S/C20H19ClN4O3S/c1-11(2)25-19(28)15-8-5-13(21)9-16(15)24-20(25)29-10-17(26)23-14-6-3-12(4-7-14)18(22)27/h3-9,11H,10H2,1-2H3,(H2,22,27)(H,23,26). The number of carbonyl (C=O) groups is 2. The van der Waals surface area contributed by atoms with Gasteiger partial charge in [0.2, 0.25) is 11.8 Å². The molecule has 3 N–H and O–H groups in total. The summed E-state index contributed by atoms with van der Waals surface area (Å²) >= 11 is 7.19. The first-order chi connectivity index (χ1) is 13.8. The lowest BCUT2D eigenvalue weighted by atomic mass is 10.2. The molecule has 0 spiro atoms. The van der Waals surface area contributed by atoms with Gasteiger partial charge in [0.25, 0.3) is 5.56 Å². The third kappa shape index (κ3) is 4.78. The van der Waals surface area contributed by atoms with Crippen LogP contribution in [0.15, 0.2) is 52.4 Å². The predicted octanol–water partition coefficient (Wildman–Crippen LogP) is 3.46. The van der Waals surface area contributed by atoms with Gasteiger partial charge >= 0.3 is 0 Å². The Balaban J connectivity index is 1.80. The molecule has 0 radical (unpaired) electrons. The highest BCUT2D eigenvalue weighted by Gasteiger charge is 2.16. The molecule has 3 rings (SSSR count). The van der Waals surface area contributed by atoms with Crippen LogP contribution >= 0.6 is 23.4 Å². The van der Waals surface area contributed by atoms with Gasteiger partial charge in [0, 0.05) is 22.3 Å². The van der Waals surface area contributed by atoms with Crippen LogP contribution in [-0.4, -0.2) is 27.1 Å². The Labute approximate surface area is 176 Å². The first kappa shape index (κ1) is 20.9. The predicted molar refractivity (Wildman–Crippen MR) is 116 cm³/mol. The fourth-order valence-corrected chi connectivity index (χ4v) is 3.85. The van der Waals surface area contributed by atoms with E-state index in [2.05, 4.69) is 10.3 Å². The van der Waals surface area contributed by atoms with Crippen LogP contribution in [0.2, 0.25) is 5.02 Å². The third-order valence-electron chi connectivity index (χ3n) is 4.13. The molecule has 1 aromatic heterocycles. The van der Waals surface area contributed by atoms with Crippen molar-refractivity contribution < 1.29 is 9.59 Å². The number of hydrogen-bond acceptors (Lipinski definition) is 5. The number of nitrogens with zero attached hydrogens (tertiary/aromatic N) is 2. The molecule has 0 unspecified atom stereocenters. The molecule has 0 aliphatic rings. The molecule has 29 heavy (non-hydrogen) atoms. The molecule has 9 heteroatoms. The second-order valence-corrected chi connectivity index (χ2v) is 7.98. The highest BCUT2D eigenvalue weighted by atomic mass is 35.5. The smallest absolute Gasteiger partial charge is 0.262 e. The number of halogens is 1. The molecular formula is C20H19ClN4O3S. The molecule has 0 saturated carbocycles. The number of aromatic nitrogens is 2. The van der Waals surface area contributed by atoms with Crippen LogP contribution in [0.1, 0.15) is 30.2 Å². The Morgan fingerprint density at radius 2 is 1.90 bits per heavy atom. The molecule has 0 saturated heterocycles. The summed E-state index contributed by atoms with van der Waals surface area (Å²) in [6, 6.07) is 11.1. The molecule has 0 aliphatic heterocycles. The van der Waals surface area contributed by atoms with Gasteiger partial charge in [-0.25, -0.2) is 4.98 Å². The largest absolute Gasteiger partial charge is 0.366 e. The molecule has 2 amide bonds. The van der Waals surface area contributed by atoms with Crippen molar-refractivity contribution in [2.24, 2.45) is 5.73 Å². The number of amides is 2. The first-order valence-electron chi connectivity index (χ1n) is 8.80. The fraction of sp³-hybridized carbons (Fsp3) is 0.200. The zero-order valence-corrected chi connectivity index (χ0v) is 17.4. The summed E-state index contributed by atoms with van der Waals surface area (Å²) in [7, 11) is 0. The Hall–Kier alpha value is -2.84. The molecular weight excluding hydrogens is 412 g/mol. The number of nitrogens with two attached hydrogens (primary N) is 1. The summed E-state index contributed by atoms with van der Waals surface area (Å²) in [4.78, 5) is 40.8. The quantitative estimate of drug-likeness (QED) is 0.460. The topological polar surface area (TPSA) is 107 Å². The molecule has 7 nitrogen and oxygen atoms in total. The van der Waals surface area contributed by atoms with Gasteiger partial charge in [0.1, 0.15) is 0 Å². The summed E-state index contributed by atoms with van der Waals surface area (Å²) in [5.74, 6) is -0.742. The lowest BCUT2D eigenvalue weighted by Crippen LogP contribution is -2.25. The van der Waals surface area contributed by atoms with E-state index in [0.29, 0.717) is 32.3 Å². The van der Waals surface area contributed by atoms with Crippen molar-refractivity contribution in [2.45, 2.75) is 25.0 Å². The van der Waals surface area contributed by atoms with Crippen LogP contribution in [0.5, 0.6) is 0 Å². The second kappa shape index (κ2) is 8.67. The van der Waals surface area contributed by atoms with E-state index in [1.165, 1.54) is 23.9 Å². The van der Waals surface area contributed by atoms with Crippen molar-refractivity contribution in [1.82, 2.24) is 9.55 Å². The zero-order valence-electron chi connectivity index (χ0n) is 15.8. The Kier molecular flexibility index (Phi) is 6.24. The lowest BCUT2D eigenvalue weighted by Gasteiger charge is -2.16. The maximum absolute atomic E-state index is 12.9. The fourth-order valence-electron chi connectivity index (χ4n) is 2.75. The molecule has 3 aromatic rings. The van der Waals surface area contributed by atoms with Crippen LogP contribution in [-0.2, 0) is 4.79 Å². The minimum atomic E-state index is -0.535. The van der Waals surface area contributed by atoms with E-state index in [0.717, 1.165) is 0 Å². The van der Waals surface area contributed by atoms with E-state index < -0.39 is 5.91 Å². The van der Waals surface area contributed by atoms with Crippen molar-refractivity contribution in [3.8, 4) is 0 Å². The Bertz CT molecular complexity index is 1140. The van der Waals surface area contributed by atoms with Crippen LogP contribution in [0.4, 0.5) is 5.69 Å². The van der Waals surface area contributed by atoms with E-state index in [1.807, 2.05) is 13.8 Å². The van der Waals surface area contributed by atoms with Crippen LogP contribution in [0.3, 0.4) is 0 Å². The van der Waals surface area contributed by atoms with E-state index in [1.54, 1.807) is 34.9 Å². The normalized spacial score (nSPS) is 11.0. The molecule has 2 aromatic carbocycles. The van der Waals surface area contributed by atoms with Crippen molar-refractivity contribution >= 4 is 51.8 Å². The zero-order chi connectivity index (χ0) is 21.1. The molecule has 0 bridgehead atoms. The van der Waals surface area contributed by atoms with Gasteiger partial charge in [-0.2, -0.15) is 0 Å². The summed E-state index contributed by atoms with van der Waals surface area (Å²) in [5.41, 5.74) is 6.42. The van der Waals surface area contributed by atoms with Crippen LogP contribution < -0.4 is 16.6 Å². The summed E-state index contributed by atoms with van der Waals surface area (Å²) in [5, 5.41) is 4.15. The van der Waals surface area contributed by atoms with Crippen LogP contribution in [0, 0.1) is 0 Å². The minimum absolute atomic E-state index is 0.0583. The number of nitrogens with one attached hydrogen (secondary N) is 1. The maximum atomic E-state index is 12.9. The third-order valence-corrected chi connectivity index (χ3v) is 5.32. The first-order valence-corrected chi connectivity index (χ1v) is 10.2. The van der Waals surface area contributed by atoms with Gasteiger partial charge in [-0.3, -0.25) is 19.0 Å².